The summed E-state index contributed by atoms with van der Waals surface area (Å²) in [6.45, 7) is 8.40. The van der Waals surface area contributed by atoms with Gasteiger partial charge in [0, 0.05) is 0 Å². The van der Waals surface area contributed by atoms with Crippen molar-refractivity contribution in [3.63, 3.8) is 0 Å². The molecule has 30 heavy (non-hydrogen) atoms. The number of hydrogen-bond donors (Lipinski definition) is 0. The number of benzene rings is 1. The maximum atomic E-state index is 13.0. The molecule has 1 amide bonds. The Labute approximate surface area is 174 Å². The summed E-state index contributed by atoms with van der Waals surface area (Å²) in [4.78, 5) is 52.6. The highest BCUT2D eigenvalue weighted by Gasteiger charge is 2.51. The van der Waals surface area contributed by atoms with E-state index in [1.807, 2.05) is 6.07 Å². The number of allylic oxidation sites excluding steroid dienone is 2. The number of amides is 1. The monoisotopic (exact) mass is 413 g/mol. The van der Waals surface area contributed by atoms with Crippen LogP contribution >= 0.6 is 0 Å². The number of carbonyl (C=O) groups excluding carboxylic acids is 4. The Bertz CT molecular complexity index is 998. The Balaban J connectivity index is 2.35. The number of carbonyl (C=O) groups is 4. The molecule has 0 spiro atoms. The molecule has 1 fully saturated rings. The molecule has 0 radical (unpaired) electrons. The third-order valence-electron chi connectivity index (χ3n) is 4.91. The molecule has 1 atom stereocenters. The Morgan fingerprint density at radius 1 is 1.03 bits per heavy atom. The number of hydrogen-bond acceptors (Lipinski definition) is 7. The zero-order valence-electron chi connectivity index (χ0n) is 17.5. The smallest absolute Gasteiger partial charge is 0.352 e. The van der Waals surface area contributed by atoms with Gasteiger partial charge < -0.3 is 14.2 Å². The second-order valence-electron chi connectivity index (χ2n) is 6.87. The summed E-state index contributed by atoms with van der Waals surface area (Å²) in [6, 6.07) is 5.41. The number of anilines is 1. The van der Waals surface area contributed by atoms with Gasteiger partial charge in [0.15, 0.2) is 0 Å². The lowest BCUT2D eigenvalue weighted by atomic mass is 9.97. The molecule has 0 N–H and O–H groups in total. The third-order valence-corrected chi connectivity index (χ3v) is 4.91. The van der Waals surface area contributed by atoms with Gasteiger partial charge in [0.05, 0.1) is 30.2 Å². The average molecular weight is 413 g/mol. The van der Waals surface area contributed by atoms with Gasteiger partial charge in [0.2, 0.25) is 6.10 Å². The molecule has 1 unspecified atom stereocenters. The van der Waals surface area contributed by atoms with Gasteiger partial charge in [-0.05, 0) is 45.7 Å². The van der Waals surface area contributed by atoms with Crippen molar-refractivity contribution in [2.75, 3.05) is 18.1 Å². The second-order valence-corrected chi connectivity index (χ2v) is 6.87. The molecule has 1 saturated heterocycles. The summed E-state index contributed by atoms with van der Waals surface area (Å²) >= 11 is 0. The number of esters is 2. The predicted molar refractivity (Wildman–Crippen MR) is 106 cm³/mol. The van der Waals surface area contributed by atoms with E-state index >= 15 is 0 Å². The average Bonchev–Trinajstić information content (AvgIpc) is 2.94. The lowest BCUT2D eigenvalue weighted by Gasteiger charge is -2.30. The highest BCUT2D eigenvalue weighted by molar-refractivity contribution is 6.53. The van der Waals surface area contributed by atoms with Crippen molar-refractivity contribution in [2.24, 2.45) is 0 Å². The van der Waals surface area contributed by atoms with Crippen molar-refractivity contribution < 1.29 is 33.4 Å². The normalized spacial score (nSPS) is 18.4. The number of aryl methyl sites for hydroxylation is 2. The number of Topliss-reactive ketones (excluding diaryl/α,β-unsaturated/α-hetero) is 1. The van der Waals surface area contributed by atoms with Crippen molar-refractivity contribution in [2.45, 2.75) is 40.7 Å². The van der Waals surface area contributed by atoms with Gasteiger partial charge in [0.25, 0.3) is 5.78 Å². The van der Waals surface area contributed by atoms with Gasteiger partial charge in [-0.15, -0.1) is 0 Å². The molecule has 8 heteroatoms. The first-order valence-corrected chi connectivity index (χ1v) is 9.65. The summed E-state index contributed by atoms with van der Waals surface area (Å²) in [6.07, 6.45) is -1.45. The van der Waals surface area contributed by atoms with Crippen molar-refractivity contribution in [3.05, 3.63) is 51.9 Å². The van der Waals surface area contributed by atoms with E-state index in [2.05, 4.69) is 0 Å². The molecule has 3 rings (SSSR count). The van der Waals surface area contributed by atoms with Gasteiger partial charge in [-0.2, -0.15) is 0 Å². The van der Waals surface area contributed by atoms with E-state index in [4.69, 9.17) is 14.2 Å². The summed E-state index contributed by atoms with van der Waals surface area (Å²) in [5.74, 6) is -3.22. The Kier molecular flexibility index (Phi) is 5.78. The molecule has 0 aliphatic carbocycles. The SMILES string of the molecule is CCOC(=O)C1=C2C(=C(C)OC1C(=O)OCC)C(=O)C(=O)N2c1c(C)cccc1C. The quantitative estimate of drug-likeness (QED) is 0.539. The molecule has 0 aromatic heterocycles. The van der Waals surface area contributed by atoms with E-state index < -0.39 is 29.7 Å². The van der Waals surface area contributed by atoms with Gasteiger partial charge >= 0.3 is 17.8 Å². The van der Waals surface area contributed by atoms with Crippen molar-refractivity contribution >= 4 is 29.3 Å². The molecule has 0 bridgehead atoms. The van der Waals surface area contributed by atoms with Gasteiger partial charge in [-0.3, -0.25) is 14.5 Å². The van der Waals surface area contributed by atoms with Crippen LogP contribution in [-0.2, 0) is 33.4 Å². The van der Waals surface area contributed by atoms with Crippen LogP contribution < -0.4 is 4.90 Å². The molecule has 8 nitrogen and oxygen atoms in total. The minimum absolute atomic E-state index is 0.0163. The number of para-hydroxylation sites is 1. The Morgan fingerprint density at radius 3 is 2.20 bits per heavy atom. The summed E-state index contributed by atoms with van der Waals surface area (Å²) < 4.78 is 15.8. The lowest BCUT2D eigenvalue weighted by Crippen LogP contribution is -2.38. The number of ketones is 1. The van der Waals surface area contributed by atoms with E-state index in [0.29, 0.717) is 5.69 Å². The molecule has 1 aromatic carbocycles. The topological polar surface area (TPSA) is 99.2 Å². The number of fused-ring (bicyclic) bond motifs is 1. The van der Waals surface area contributed by atoms with E-state index in [9.17, 15) is 19.2 Å². The van der Waals surface area contributed by atoms with E-state index in [1.54, 1.807) is 39.8 Å². The van der Waals surface area contributed by atoms with E-state index in [1.165, 1.54) is 11.8 Å². The first-order valence-electron chi connectivity index (χ1n) is 9.65. The van der Waals surface area contributed by atoms with Crippen LogP contribution in [0.25, 0.3) is 0 Å². The van der Waals surface area contributed by atoms with E-state index in [0.717, 1.165) is 11.1 Å². The Hall–Kier alpha value is -3.42. The number of rotatable bonds is 5. The van der Waals surface area contributed by atoms with Gasteiger partial charge in [-0.1, -0.05) is 18.2 Å². The fraction of sp³-hybridized carbons (Fsp3) is 0.364. The second kappa shape index (κ2) is 8.14. The van der Waals surface area contributed by atoms with Crippen LogP contribution in [0.5, 0.6) is 0 Å². The molecular formula is C22H23NO7. The molecule has 0 saturated carbocycles. The van der Waals surface area contributed by atoms with Crippen molar-refractivity contribution in [1.29, 1.82) is 0 Å². The summed E-state index contributed by atoms with van der Waals surface area (Å²) in [5.41, 5.74) is 1.67. The standard InChI is InChI=1S/C22H23NO7/c1-6-28-21(26)15-17-14(13(5)30-19(15)22(27)29-7-2)18(24)20(25)23(17)16-11(3)9-8-10-12(16)4/h8-10,19H,6-7H2,1-5H3. The minimum atomic E-state index is -1.45. The number of nitrogens with zero attached hydrogens (tertiary/aromatic N) is 1. The van der Waals surface area contributed by atoms with Crippen LogP contribution in [0.2, 0.25) is 0 Å². The maximum Gasteiger partial charge on any atom is 0.352 e. The predicted octanol–water partition coefficient (Wildman–Crippen LogP) is 2.27. The largest absolute Gasteiger partial charge is 0.477 e. The first-order chi connectivity index (χ1) is 14.2. The lowest BCUT2D eigenvalue weighted by molar-refractivity contribution is -0.155. The molecule has 2 aliphatic rings. The molecular weight excluding hydrogens is 390 g/mol. The third kappa shape index (κ3) is 3.28. The number of ether oxygens (including phenoxy) is 3. The van der Waals surface area contributed by atoms with Gasteiger partial charge in [-0.25, -0.2) is 9.59 Å². The first kappa shape index (κ1) is 21.3. The summed E-state index contributed by atoms with van der Waals surface area (Å²) in [5, 5.41) is 0. The van der Waals surface area contributed by atoms with Gasteiger partial charge in [0.1, 0.15) is 11.3 Å². The van der Waals surface area contributed by atoms with E-state index in [-0.39, 0.29) is 35.8 Å². The summed E-state index contributed by atoms with van der Waals surface area (Å²) in [7, 11) is 0. The molecule has 2 heterocycles. The maximum absolute atomic E-state index is 13.0. The molecule has 158 valence electrons. The van der Waals surface area contributed by atoms with Crippen molar-refractivity contribution in [3.8, 4) is 0 Å². The van der Waals surface area contributed by atoms with Crippen molar-refractivity contribution in [1.82, 2.24) is 0 Å². The minimum Gasteiger partial charge on any atom is -0.477 e. The van der Waals surface area contributed by atoms with Crippen LogP contribution in [0.4, 0.5) is 5.69 Å². The van der Waals surface area contributed by atoms with Crippen LogP contribution in [0, 0.1) is 13.8 Å². The zero-order valence-corrected chi connectivity index (χ0v) is 17.5. The fourth-order valence-corrected chi connectivity index (χ4v) is 3.70. The van der Waals surface area contributed by atoms with Crippen LogP contribution in [0.3, 0.4) is 0 Å². The highest BCUT2D eigenvalue weighted by atomic mass is 16.6. The Morgan fingerprint density at radius 2 is 1.63 bits per heavy atom. The highest BCUT2D eigenvalue weighted by Crippen LogP contribution is 2.42. The van der Waals surface area contributed by atoms with Crippen LogP contribution in [-0.4, -0.2) is 42.9 Å². The molecule has 1 aromatic rings. The van der Waals surface area contributed by atoms with Crippen LogP contribution in [0.15, 0.2) is 40.8 Å². The fourth-order valence-electron chi connectivity index (χ4n) is 3.70. The zero-order chi connectivity index (χ0) is 22.2. The van der Waals surface area contributed by atoms with Crippen LogP contribution in [0.1, 0.15) is 31.9 Å². The molecule has 2 aliphatic heterocycles.